The molecule has 0 spiro atoms. The summed E-state index contributed by atoms with van der Waals surface area (Å²) in [6, 6.07) is 10.1. The van der Waals surface area contributed by atoms with E-state index < -0.39 is 22.0 Å². The number of carbonyl (C=O) groups excluding carboxylic acids is 1. The van der Waals surface area contributed by atoms with E-state index in [-0.39, 0.29) is 4.90 Å². The van der Waals surface area contributed by atoms with Crippen molar-refractivity contribution < 1.29 is 17.9 Å². The lowest BCUT2D eigenvalue weighted by atomic mass is 10.1. The highest BCUT2D eigenvalue weighted by Gasteiger charge is 2.29. The Balaban J connectivity index is 1.75. The van der Waals surface area contributed by atoms with Crippen molar-refractivity contribution in [1.82, 2.24) is 15.0 Å². The molecule has 2 N–H and O–H groups in total. The number of hydrogen-bond acceptors (Lipinski definition) is 7. The van der Waals surface area contributed by atoms with Crippen LogP contribution in [0.25, 0.3) is 20.8 Å². The maximum atomic E-state index is 13.0. The van der Waals surface area contributed by atoms with Crippen LogP contribution in [0.5, 0.6) is 5.75 Å². The Morgan fingerprint density at radius 3 is 2.83 bits per heavy atom. The van der Waals surface area contributed by atoms with Crippen molar-refractivity contribution in [2.45, 2.75) is 30.7 Å². The van der Waals surface area contributed by atoms with Crippen molar-refractivity contribution in [2.24, 2.45) is 0 Å². The summed E-state index contributed by atoms with van der Waals surface area (Å²) >= 11 is 1.38. The number of rotatable bonds is 5. The van der Waals surface area contributed by atoms with Crippen molar-refractivity contribution in [2.75, 3.05) is 13.7 Å². The second kappa shape index (κ2) is 7.74. The summed E-state index contributed by atoms with van der Waals surface area (Å²) in [6.45, 7) is 2.60. The van der Waals surface area contributed by atoms with E-state index in [1.807, 2.05) is 25.1 Å². The third-order valence-electron chi connectivity index (χ3n) is 4.86. The van der Waals surface area contributed by atoms with E-state index in [1.54, 1.807) is 19.2 Å². The normalized spacial score (nSPS) is 16.8. The Morgan fingerprint density at radius 1 is 1.28 bits per heavy atom. The molecule has 1 aliphatic rings. The monoisotopic (exact) mass is 431 g/mol. The van der Waals surface area contributed by atoms with Gasteiger partial charge in [0.05, 0.1) is 28.3 Å². The van der Waals surface area contributed by atoms with Gasteiger partial charge in [0.15, 0.2) is 0 Å². The van der Waals surface area contributed by atoms with E-state index in [1.165, 1.54) is 17.4 Å². The number of ether oxygens (including phenoxy) is 1. The van der Waals surface area contributed by atoms with E-state index >= 15 is 0 Å². The zero-order chi connectivity index (χ0) is 20.6. The van der Waals surface area contributed by atoms with Gasteiger partial charge in [-0.3, -0.25) is 4.79 Å². The van der Waals surface area contributed by atoms with Gasteiger partial charge in [0.2, 0.25) is 0 Å². The lowest BCUT2D eigenvalue weighted by Crippen LogP contribution is -2.43. The van der Waals surface area contributed by atoms with Crippen LogP contribution in [-0.4, -0.2) is 39.0 Å². The van der Waals surface area contributed by atoms with Crippen molar-refractivity contribution >= 4 is 37.5 Å². The summed E-state index contributed by atoms with van der Waals surface area (Å²) < 4.78 is 34.4. The highest BCUT2D eigenvalue weighted by molar-refractivity contribution is 7.90. The second-order valence-corrected chi connectivity index (χ2v) is 9.65. The van der Waals surface area contributed by atoms with E-state index in [2.05, 4.69) is 15.0 Å². The number of aromatic nitrogens is 1. The molecule has 0 aliphatic carbocycles. The average molecular weight is 432 g/mol. The fraction of sp³-hybridized carbons (Fsp3) is 0.300. The Bertz CT molecular complexity index is 1180. The van der Waals surface area contributed by atoms with Crippen LogP contribution in [0.2, 0.25) is 0 Å². The summed E-state index contributed by atoms with van der Waals surface area (Å²) in [7, 11) is -2.45. The number of nitrogens with zero attached hydrogens (tertiary/aromatic N) is 1. The Hall–Kier alpha value is -2.49. The third kappa shape index (κ3) is 3.98. The lowest BCUT2D eigenvalue weighted by molar-refractivity contribution is -0.121. The highest BCUT2D eigenvalue weighted by atomic mass is 32.2. The van der Waals surface area contributed by atoms with E-state index in [9.17, 15) is 13.2 Å². The third-order valence-corrected chi connectivity index (χ3v) is 7.32. The highest BCUT2D eigenvalue weighted by Crippen LogP contribution is 2.36. The molecule has 152 valence electrons. The molecular weight excluding hydrogens is 410 g/mol. The van der Waals surface area contributed by atoms with Gasteiger partial charge in [-0.05, 0) is 56.6 Å². The number of amides is 1. The molecule has 2 aromatic carbocycles. The molecule has 29 heavy (non-hydrogen) atoms. The smallest absolute Gasteiger partial charge is 0.264 e. The van der Waals surface area contributed by atoms with Crippen molar-refractivity contribution in [3.8, 4) is 16.3 Å². The molecule has 2 heterocycles. The maximum Gasteiger partial charge on any atom is 0.264 e. The van der Waals surface area contributed by atoms with E-state index in [0.717, 1.165) is 22.2 Å². The van der Waals surface area contributed by atoms with Crippen LogP contribution in [0.15, 0.2) is 41.3 Å². The summed E-state index contributed by atoms with van der Waals surface area (Å²) in [5.41, 5.74) is 2.14. The van der Waals surface area contributed by atoms with Gasteiger partial charge in [-0.1, -0.05) is 11.6 Å². The molecular formula is C20H21N3O4S2. The molecule has 3 aromatic rings. The van der Waals surface area contributed by atoms with Crippen LogP contribution in [0, 0.1) is 6.92 Å². The first kappa shape index (κ1) is 19.8. The molecule has 0 saturated carbocycles. The number of methoxy groups -OCH3 is 1. The zero-order valence-electron chi connectivity index (χ0n) is 16.1. The van der Waals surface area contributed by atoms with Gasteiger partial charge < -0.3 is 10.1 Å². The van der Waals surface area contributed by atoms with Gasteiger partial charge >= 0.3 is 0 Å². The van der Waals surface area contributed by atoms with Crippen molar-refractivity contribution in [3.63, 3.8) is 0 Å². The zero-order valence-corrected chi connectivity index (χ0v) is 17.7. The second-order valence-electron chi connectivity index (χ2n) is 6.97. The molecule has 1 unspecified atom stereocenters. The molecule has 0 radical (unpaired) electrons. The topological polar surface area (TPSA) is 97.4 Å². The Labute approximate surface area is 173 Å². The average Bonchev–Trinajstić information content (AvgIpc) is 3.36. The number of thiazole rings is 1. The van der Waals surface area contributed by atoms with Gasteiger partial charge in [-0.15, -0.1) is 11.3 Å². The number of fused-ring (bicyclic) bond motifs is 1. The van der Waals surface area contributed by atoms with Crippen LogP contribution in [0.4, 0.5) is 0 Å². The first-order chi connectivity index (χ1) is 13.9. The molecule has 1 aliphatic heterocycles. The fourth-order valence-corrected chi connectivity index (χ4v) is 5.66. The Kier molecular flexibility index (Phi) is 5.28. The predicted molar refractivity (Wildman–Crippen MR) is 113 cm³/mol. The van der Waals surface area contributed by atoms with E-state index in [4.69, 9.17) is 4.74 Å². The lowest BCUT2D eigenvalue weighted by Gasteiger charge is -2.14. The summed E-state index contributed by atoms with van der Waals surface area (Å²) in [6.07, 6.45) is 1.48. The van der Waals surface area contributed by atoms with Crippen LogP contribution < -0.4 is 14.8 Å². The van der Waals surface area contributed by atoms with Crippen molar-refractivity contribution in [1.29, 1.82) is 0 Å². The fourth-order valence-electron chi connectivity index (χ4n) is 3.36. The minimum Gasteiger partial charge on any atom is -0.497 e. The van der Waals surface area contributed by atoms with E-state index in [0.29, 0.717) is 29.3 Å². The Morgan fingerprint density at radius 2 is 2.10 bits per heavy atom. The van der Waals surface area contributed by atoms with Gasteiger partial charge in [0.25, 0.3) is 15.9 Å². The number of sulfonamides is 1. The minimum absolute atomic E-state index is 0.0421. The number of benzene rings is 2. The van der Waals surface area contributed by atoms with Gasteiger partial charge in [0.1, 0.15) is 10.8 Å². The molecule has 4 rings (SSSR count). The molecule has 1 fully saturated rings. The number of aryl methyl sites for hydroxylation is 1. The number of nitrogens with one attached hydrogen (secondary N) is 2. The van der Waals surface area contributed by atoms with Gasteiger partial charge in [-0.2, -0.15) is 0 Å². The summed E-state index contributed by atoms with van der Waals surface area (Å²) in [5.74, 6) is 0.184. The number of hydrogen-bond donors (Lipinski definition) is 2. The molecule has 1 amide bonds. The molecule has 7 nitrogen and oxygen atoms in total. The quantitative estimate of drug-likeness (QED) is 0.645. The largest absolute Gasteiger partial charge is 0.497 e. The number of carbonyl (C=O) groups is 1. The molecule has 9 heteroatoms. The minimum atomic E-state index is -4.04. The first-order valence-electron chi connectivity index (χ1n) is 9.23. The molecule has 1 saturated heterocycles. The van der Waals surface area contributed by atoms with Crippen LogP contribution >= 0.6 is 11.3 Å². The summed E-state index contributed by atoms with van der Waals surface area (Å²) in [4.78, 5) is 17.0. The predicted octanol–water partition coefficient (Wildman–Crippen LogP) is 2.84. The maximum absolute atomic E-state index is 13.0. The van der Waals surface area contributed by atoms with Crippen LogP contribution in [-0.2, 0) is 14.8 Å². The van der Waals surface area contributed by atoms with Gasteiger partial charge in [-0.25, -0.2) is 18.1 Å². The standard InChI is InChI=1S/C20H21N3O4S2/c1-12-5-8-18(29(25,26)23-19(24)16-4-3-9-21-16)14(10-12)20-22-15-7-6-13(27-2)11-17(15)28-20/h5-8,10-11,16,21H,3-4,9H2,1-2H3,(H,23,24). The van der Waals surface area contributed by atoms with Crippen molar-refractivity contribution in [3.05, 3.63) is 42.0 Å². The van der Waals surface area contributed by atoms with Crippen LogP contribution in [0.3, 0.4) is 0 Å². The van der Waals surface area contributed by atoms with Gasteiger partial charge in [0, 0.05) is 5.56 Å². The molecule has 1 aromatic heterocycles. The SMILES string of the molecule is COc1ccc2nc(-c3cc(C)ccc3S(=O)(=O)NC(=O)C3CCCN3)sc2c1. The molecule has 0 bridgehead atoms. The van der Waals surface area contributed by atoms with Crippen LogP contribution in [0.1, 0.15) is 18.4 Å². The molecule has 1 atom stereocenters. The summed E-state index contributed by atoms with van der Waals surface area (Å²) in [5, 5.41) is 3.59. The first-order valence-corrected chi connectivity index (χ1v) is 11.5.